The quantitative estimate of drug-likeness (QED) is 0.0246. The van der Waals surface area contributed by atoms with E-state index in [2.05, 4.69) is 58.5 Å². The van der Waals surface area contributed by atoms with Crippen molar-refractivity contribution in [2.75, 3.05) is 113 Å². The SMILES string of the molecule is CCC(C)[C@@H](C(CC(=O)N1CCC[C@H]1[C@H](OC)[C@@H](C)C(=O)N[C@@H](Cc1ccc(O)c(NC(=O)CCNC(=O)CCNC(=O)[C@H](CCCCNC(=O)CCCOCCCNC(=O)CCCOCCCNC(=O)CC[C@H](NC(=O)CCCC(=O)O)C(=O)O)NC(=O)[C@H](C)NC(=O)CCCN2C(=O)C=CC2=O)c1)C(=O)O)OC)N(C)C(=O)[C@@H](NC(=O)C(C)(C)N(C)C)C(C)C. The van der Waals surface area contributed by atoms with Crippen LogP contribution in [0.25, 0.3) is 0 Å². The Kier molecular flexibility index (Phi) is 50.9. The summed E-state index contributed by atoms with van der Waals surface area (Å²) in [6, 6.07) is -3.26. The van der Waals surface area contributed by atoms with E-state index in [-0.39, 0.29) is 188 Å². The van der Waals surface area contributed by atoms with Crippen LogP contribution in [0.5, 0.6) is 5.75 Å². The number of aromatic hydroxyl groups is 1. The Morgan fingerprint density at radius 2 is 1.09 bits per heavy atom. The molecule has 2 aliphatic heterocycles. The maximum Gasteiger partial charge on any atom is 0.326 e. The molecule has 11 atom stereocenters. The van der Waals surface area contributed by atoms with Gasteiger partial charge in [-0.1, -0.05) is 47.1 Å². The number of carbonyl (C=O) groups is 18. The Morgan fingerprint density at radius 1 is 0.551 bits per heavy atom. The third kappa shape index (κ3) is 40.8. The lowest BCUT2D eigenvalue weighted by Gasteiger charge is -2.41. The zero-order chi connectivity index (χ0) is 95.0. The lowest BCUT2D eigenvalue weighted by Crippen LogP contribution is -2.61. The van der Waals surface area contributed by atoms with Crippen LogP contribution in [0, 0.1) is 17.8 Å². The first kappa shape index (κ1) is 110. The molecule has 0 aromatic heterocycles. The van der Waals surface area contributed by atoms with Gasteiger partial charge in [0.15, 0.2) is 0 Å². The van der Waals surface area contributed by atoms with Crippen molar-refractivity contribution in [2.24, 2.45) is 17.8 Å². The van der Waals surface area contributed by atoms with Gasteiger partial charge >= 0.3 is 17.9 Å². The molecule has 3 rings (SSSR count). The molecule has 714 valence electrons. The fraction of sp³-hybridized carbons (Fsp3) is 0.698. The lowest BCUT2D eigenvalue weighted by atomic mass is 9.89. The van der Waals surface area contributed by atoms with E-state index < -0.39 is 143 Å². The van der Waals surface area contributed by atoms with Crippen LogP contribution in [0.15, 0.2) is 30.4 Å². The third-order valence-electron chi connectivity index (χ3n) is 22.2. The third-order valence-corrected chi connectivity index (χ3v) is 22.2. The van der Waals surface area contributed by atoms with Crippen molar-refractivity contribution in [2.45, 2.75) is 263 Å². The summed E-state index contributed by atoms with van der Waals surface area (Å²) in [7, 11) is 8.07. The number of amides is 15. The minimum Gasteiger partial charge on any atom is -0.506 e. The largest absolute Gasteiger partial charge is 0.506 e. The minimum atomic E-state index is -1.52. The summed E-state index contributed by atoms with van der Waals surface area (Å²) in [6.07, 6.45) is 3.46. The molecule has 0 bridgehead atoms. The summed E-state index contributed by atoms with van der Waals surface area (Å²) in [5.41, 5.74) is -0.734. The Morgan fingerprint density at radius 3 is 1.65 bits per heavy atom. The normalized spacial score (nSPS) is 15.5. The monoisotopic (exact) mass is 1800 g/mol. The number of carbonyl (C=O) groups excluding carboxylic acids is 15. The molecule has 0 spiro atoms. The maximum atomic E-state index is 14.5. The smallest absolute Gasteiger partial charge is 0.326 e. The van der Waals surface area contributed by atoms with E-state index in [1.165, 1.54) is 39.3 Å². The molecule has 15 N–H and O–H groups in total. The summed E-state index contributed by atoms with van der Waals surface area (Å²) in [4.78, 5) is 237. The summed E-state index contributed by atoms with van der Waals surface area (Å²) >= 11 is 0. The summed E-state index contributed by atoms with van der Waals surface area (Å²) in [5, 5.41) is 68.3. The lowest BCUT2D eigenvalue weighted by molar-refractivity contribution is -0.148. The number of unbranched alkanes of at least 4 members (excludes halogenated alkanes) is 1. The Labute approximate surface area is 743 Å². The zero-order valence-electron chi connectivity index (χ0n) is 75.9. The van der Waals surface area contributed by atoms with Crippen molar-refractivity contribution in [3.63, 3.8) is 0 Å². The van der Waals surface area contributed by atoms with E-state index in [0.29, 0.717) is 90.7 Å². The number of aliphatic carboxylic acids is 3. The number of likely N-dealkylation sites (N-methyl/N-ethyl adjacent to an activating group) is 2. The number of phenolic OH excluding ortho intramolecular Hbond substituents is 1. The molecule has 2 heterocycles. The van der Waals surface area contributed by atoms with Gasteiger partial charge in [-0.2, -0.15) is 0 Å². The number of hydrogen-bond acceptors (Lipinski definition) is 24. The highest BCUT2D eigenvalue weighted by Crippen LogP contribution is 2.31. The van der Waals surface area contributed by atoms with Gasteiger partial charge in [-0.15, -0.1) is 0 Å². The molecule has 0 aliphatic carbocycles. The highest BCUT2D eigenvalue weighted by molar-refractivity contribution is 6.13. The van der Waals surface area contributed by atoms with Gasteiger partial charge in [0.05, 0.1) is 47.9 Å². The Hall–Kier alpha value is -10.8. The van der Waals surface area contributed by atoms with Crippen LogP contribution >= 0.6 is 0 Å². The first-order chi connectivity index (χ1) is 60.1. The second-order valence-corrected chi connectivity index (χ2v) is 32.9. The highest BCUT2D eigenvalue weighted by atomic mass is 16.5. The van der Waals surface area contributed by atoms with Crippen molar-refractivity contribution >= 4 is 112 Å². The van der Waals surface area contributed by atoms with Gasteiger partial charge in [0.25, 0.3) is 11.8 Å². The van der Waals surface area contributed by atoms with E-state index >= 15 is 0 Å². The van der Waals surface area contributed by atoms with Crippen LogP contribution in [0.4, 0.5) is 5.69 Å². The summed E-state index contributed by atoms with van der Waals surface area (Å²) in [5.74, 6) is -13.0. The van der Waals surface area contributed by atoms with E-state index in [1.54, 1.807) is 56.6 Å². The van der Waals surface area contributed by atoms with Crippen molar-refractivity contribution < 1.29 is 126 Å². The number of benzene rings is 1. The highest BCUT2D eigenvalue weighted by Gasteiger charge is 2.45. The number of likely N-dealkylation sites (tertiary alicyclic amines) is 1. The van der Waals surface area contributed by atoms with E-state index in [9.17, 15) is 102 Å². The summed E-state index contributed by atoms with van der Waals surface area (Å²) < 4.78 is 23.1. The number of phenols is 1. The molecular formula is C86H139N15O26. The Balaban J connectivity index is 1.47. The van der Waals surface area contributed by atoms with Crippen molar-refractivity contribution in [3.05, 3.63) is 35.9 Å². The van der Waals surface area contributed by atoms with Gasteiger partial charge in [-0.3, -0.25) is 86.5 Å². The minimum absolute atomic E-state index is 0.0238. The summed E-state index contributed by atoms with van der Waals surface area (Å²) in [6.45, 7) is 16.0. The molecule has 0 saturated carbocycles. The zero-order valence-corrected chi connectivity index (χ0v) is 75.9. The van der Waals surface area contributed by atoms with Gasteiger partial charge in [0.2, 0.25) is 76.8 Å². The molecule has 1 aromatic rings. The van der Waals surface area contributed by atoms with E-state index in [4.69, 9.17) is 24.1 Å². The number of methoxy groups -OCH3 is 2. The number of carboxylic acid groups (broad SMARTS) is 3. The number of anilines is 1. The molecule has 1 fully saturated rings. The van der Waals surface area contributed by atoms with Crippen LogP contribution in [-0.2, 0) is 112 Å². The molecule has 1 saturated heterocycles. The molecule has 2 unspecified atom stereocenters. The number of imide groups is 1. The number of rotatable bonds is 65. The molecule has 0 radical (unpaired) electrons. The van der Waals surface area contributed by atoms with Crippen molar-refractivity contribution in [3.8, 4) is 5.75 Å². The number of carboxylic acids is 3. The second-order valence-electron chi connectivity index (χ2n) is 32.9. The van der Waals surface area contributed by atoms with Gasteiger partial charge < -0.3 is 108 Å². The Bertz CT molecular complexity index is 3840. The van der Waals surface area contributed by atoms with Crippen LogP contribution in [-0.4, -0.2) is 314 Å². The maximum absolute atomic E-state index is 14.5. The van der Waals surface area contributed by atoms with Crippen LogP contribution in [0.1, 0.15) is 202 Å². The molecule has 2 aliphatic rings. The first-order valence-corrected chi connectivity index (χ1v) is 43.7. The van der Waals surface area contributed by atoms with E-state index in [1.807, 2.05) is 27.7 Å². The molecule has 41 heteroatoms. The molecule has 41 nitrogen and oxygen atoms in total. The standard InChI is InChI=1S/C86H139N15O26/c1-14-54(4)77(99(11)82(118)76(53(2)3)97-85(123)86(7,8)98(9)10)64(124-12)52-74(112)100-44-18-25-62(100)78(125-13)55(5)79(115)96-61(84(121)122)51-57-31-33-63(102)60(50-57)94-71(109)38-42-90-68(106)37-43-91-81(117)58(95-80(116)56(6)92-69(107)27-19-45-101-72(110)35-36-73(101)111)24-15-16-39-87-65(103)28-20-46-126-48-22-40-88-66(104)29-21-47-127-49-23-41-89-67(105)34-32-59(83(119)120)93-70(108)26-17-30-75(113)114/h31,33,35-36,50,53-56,58-59,61-62,64,76-78,102H,14-30,32,34,37-49,51-52H2,1-13H3,(H,87,103)(H,88,104)(H,89,105)(H,90,106)(H,91,117)(H,92,107)(H,93,108)(H,94,109)(H,95,116)(H,96,115)(H,97,123)(H,113,114)(H,119,120)(H,121,122)/t54?,55-,56+,58+,59+,61+,62+,64?,76+,77+,78-/m1/s1. The van der Waals surface area contributed by atoms with Gasteiger partial charge in [-0.05, 0) is 141 Å². The number of nitrogens with one attached hydrogen (secondary N) is 11. The average Bonchev–Trinajstić information content (AvgIpc) is 1.79. The molecule has 1 aromatic carbocycles. The van der Waals surface area contributed by atoms with E-state index in [0.717, 1.165) is 17.1 Å². The fourth-order valence-corrected chi connectivity index (χ4v) is 14.0. The van der Waals surface area contributed by atoms with Crippen LogP contribution in [0.3, 0.4) is 0 Å². The predicted molar refractivity (Wildman–Crippen MR) is 463 cm³/mol. The van der Waals surface area contributed by atoms with Gasteiger partial charge in [0.1, 0.15) is 36.0 Å². The van der Waals surface area contributed by atoms with Crippen LogP contribution < -0.4 is 58.5 Å². The second kappa shape index (κ2) is 58.6. The topological polar surface area (TPSA) is 570 Å². The van der Waals surface area contributed by atoms with Crippen molar-refractivity contribution in [1.82, 2.24) is 72.8 Å². The number of ether oxygens (including phenoxy) is 4. The van der Waals surface area contributed by atoms with Gasteiger partial charge in [0, 0.05) is 163 Å². The molecule has 15 amide bonds. The van der Waals surface area contributed by atoms with Crippen molar-refractivity contribution in [1.29, 1.82) is 0 Å². The van der Waals surface area contributed by atoms with Crippen LogP contribution in [0.2, 0.25) is 0 Å². The molecular weight excluding hydrogens is 1660 g/mol. The first-order valence-electron chi connectivity index (χ1n) is 43.7. The fourth-order valence-electron chi connectivity index (χ4n) is 14.0. The number of nitrogens with zero attached hydrogens (tertiary/aromatic N) is 4. The number of hydrogen-bond donors (Lipinski definition) is 15. The van der Waals surface area contributed by atoms with Gasteiger partial charge in [-0.25, -0.2) is 9.59 Å². The average molecular weight is 1800 g/mol. The molecule has 127 heavy (non-hydrogen) atoms. The predicted octanol–water partition coefficient (Wildman–Crippen LogP) is 1.05.